The lowest BCUT2D eigenvalue weighted by atomic mass is 10.1. The third kappa shape index (κ3) is 5.09. The Morgan fingerprint density at radius 1 is 0.886 bits per heavy atom. The number of thiophene rings is 1. The fourth-order valence-corrected chi connectivity index (χ4v) is 6.46. The molecule has 0 saturated carbocycles. The quantitative estimate of drug-likeness (QED) is 0.191. The number of hydrogen-bond acceptors (Lipinski definition) is 7. The van der Waals surface area contributed by atoms with Crippen molar-refractivity contribution in [2.45, 2.75) is 20.9 Å². The summed E-state index contributed by atoms with van der Waals surface area (Å²) in [7, 11) is -3.64. The first-order chi connectivity index (χ1) is 16.9. The van der Waals surface area contributed by atoms with E-state index in [9.17, 15) is 13.2 Å². The first-order valence-electron chi connectivity index (χ1n) is 10.6. The second-order valence-corrected chi connectivity index (χ2v) is 11.6. The van der Waals surface area contributed by atoms with Gasteiger partial charge in [0, 0.05) is 21.0 Å². The third-order valence-corrected chi connectivity index (χ3v) is 9.19. The summed E-state index contributed by atoms with van der Waals surface area (Å²) in [6.07, 6.45) is 0. The van der Waals surface area contributed by atoms with Crippen molar-refractivity contribution < 1.29 is 13.2 Å². The predicted molar refractivity (Wildman–Crippen MR) is 142 cm³/mol. The smallest absolute Gasteiger partial charge is 0.271 e. The van der Waals surface area contributed by atoms with Gasteiger partial charge in [0.15, 0.2) is 0 Å². The summed E-state index contributed by atoms with van der Waals surface area (Å²) in [4.78, 5) is 14.9. The van der Waals surface area contributed by atoms with Crippen LogP contribution in [0.5, 0.6) is 0 Å². The van der Waals surface area contributed by atoms with E-state index in [1.54, 1.807) is 47.5 Å². The average Bonchev–Trinajstić information content (AvgIpc) is 3.42. The normalized spacial score (nSPS) is 12.8. The zero-order chi connectivity index (χ0) is 24.4. The molecular weight excluding hydrogens is 501 g/mol. The summed E-state index contributed by atoms with van der Waals surface area (Å²) in [6, 6.07) is 23.5. The molecule has 0 bridgehead atoms. The van der Waals surface area contributed by atoms with Gasteiger partial charge in [0.2, 0.25) is 0 Å². The maximum absolute atomic E-state index is 12.6. The monoisotopic (exact) mass is 520 g/mol. The number of carbonyl (C=O) groups is 1. The highest BCUT2D eigenvalue weighted by Crippen LogP contribution is 2.44. The minimum Gasteiger partial charge on any atom is -0.354 e. The van der Waals surface area contributed by atoms with E-state index in [1.807, 2.05) is 43.3 Å². The van der Waals surface area contributed by atoms with Gasteiger partial charge in [-0.1, -0.05) is 36.0 Å². The third-order valence-electron chi connectivity index (χ3n) is 5.26. The van der Waals surface area contributed by atoms with Crippen LogP contribution in [0.2, 0.25) is 0 Å². The van der Waals surface area contributed by atoms with Crippen molar-refractivity contribution in [1.29, 1.82) is 0 Å². The Labute approximate surface area is 211 Å². The molecule has 0 aliphatic carbocycles. The Morgan fingerprint density at radius 3 is 2.40 bits per heavy atom. The van der Waals surface area contributed by atoms with Crippen molar-refractivity contribution in [2.75, 3.05) is 10.0 Å². The summed E-state index contributed by atoms with van der Waals surface area (Å²) in [5.74, 6) is -0.391. The molecule has 1 aliphatic rings. The maximum Gasteiger partial charge on any atom is 0.271 e. The van der Waals surface area contributed by atoms with Gasteiger partial charge < -0.3 is 5.32 Å². The number of rotatable bonds is 6. The van der Waals surface area contributed by atoms with E-state index in [0.717, 1.165) is 33.2 Å². The van der Waals surface area contributed by atoms with E-state index >= 15 is 0 Å². The van der Waals surface area contributed by atoms with Crippen LogP contribution in [0, 0.1) is 0 Å². The minimum atomic E-state index is -3.64. The molecule has 7 nitrogen and oxygen atoms in total. The lowest BCUT2D eigenvalue weighted by molar-refractivity contribution is 0.0955. The standard InChI is InChI=1S/C25H20N4O3S3/c1-16(18-10-13-23-21(15-18)26-20-5-2-3-6-22(20)34-23)27-28-25(30)17-8-11-19(12-9-17)29-35(31,32)24-7-4-14-33-24/h2-15,26,29H,1H3,(H,28,30). The summed E-state index contributed by atoms with van der Waals surface area (Å²) >= 11 is 2.84. The van der Waals surface area contributed by atoms with E-state index in [0.29, 0.717) is 17.0 Å². The average molecular weight is 521 g/mol. The van der Waals surface area contributed by atoms with Crippen LogP contribution in [0.15, 0.2) is 103 Å². The predicted octanol–water partition coefficient (Wildman–Crippen LogP) is 5.91. The van der Waals surface area contributed by atoms with Crippen LogP contribution >= 0.6 is 23.1 Å². The number of amides is 1. The van der Waals surface area contributed by atoms with Crippen LogP contribution in [0.25, 0.3) is 0 Å². The molecule has 35 heavy (non-hydrogen) atoms. The number of anilines is 3. The molecule has 10 heteroatoms. The summed E-state index contributed by atoms with van der Waals surface area (Å²) in [5.41, 5.74) is 6.90. The highest BCUT2D eigenvalue weighted by molar-refractivity contribution is 7.99. The Hall–Kier alpha value is -3.60. The van der Waals surface area contributed by atoms with Gasteiger partial charge in [0.25, 0.3) is 15.9 Å². The summed E-state index contributed by atoms with van der Waals surface area (Å²) < 4.78 is 27.4. The van der Waals surface area contributed by atoms with Gasteiger partial charge in [0.1, 0.15) is 4.21 Å². The first kappa shape index (κ1) is 23.2. The van der Waals surface area contributed by atoms with E-state index < -0.39 is 15.9 Å². The highest BCUT2D eigenvalue weighted by atomic mass is 32.2. The van der Waals surface area contributed by atoms with Gasteiger partial charge in [-0.05, 0) is 72.5 Å². The molecule has 0 fully saturated rings. The number of hydrogen-bond donors (Lipinski definition) is 3. The molecule has 1 amide bonds. The molecule has 0 unspecified atom stereocenters. The van der Waals surface area contributed by atoms with Gasteiger partial charge in [0.05, 0.1) is 17.1 Å². The van der Waals surface area contributed by atoms with Crippen LogP contribution < -0.4 is 15.5 Å². The molecule has 0 radical (unpaired) electrons. The Balaban J connectivity index is 1.24. The molecule has 5 rings (SSSR count). The molecule has 176 valence electrons. The van der Waals surface area contributed by atoms with E-state index in [-0.39, 0.29) is 4.21 Å². The molecular formula is C25H20N4O3S3. The minimum absolute atomic E-state index is 0.226. The lowest BCUT2D eigenvalue weighted by Crippen LogP contribution is -2.19. The van der Waals surface area contributed by atoms with E-state index in [1.165, 1.54) is 11.0 Å². The van der Waals surface area contributed by atoms with Crippen molar-refractivity contribution in [2.24, 2.45) is 5.10 Å². The molecule has 2 heterocycles. The topological polar surface area (TPSA) is 99.7 Å². The Kier molecular flexibility index (Phi) is 6.33. The number of nitrogens with zero attached hydrogens (tertiary/aromatic N) is 1. The molecule has 1 aliphatic heterocycles. The number of hydrazone groups is 1. The van der Waals surface area contributed by atoms with Crippen molar-refractivity contribution >= 4 is 61.8 Å². The Bertz CT molecular complexity index is 1530. The fraction of sp³-hybridized carbons (Fsp3) is 0.0400. The highest BCUT2D eigenvalue weighted by Gasteiger charge is 2.17. The van der Waals surface area contributed by atoms with Crippen LogP contribution in [0.3, 0.4) is 0 Å². The SMILES string of the molecule is CC(=NNC(=O)c1ccc(NS(=O)(=O)c2cccs2)cc1)c1ccc2c(c1)Nc1ccccc1S2. The van der Waals surface area contributed by atoms with Crippen LogP contribution in [0.4, 0.5) is 17.1 Å². The van der Waals surface area contributed by atoms with E-state index in [4.69, 9.17) is 0 Å². The van der Waals surface area contributed by atoms with Crippen LogP contribution in [-0.2, 0) is 10.0 Å². The zero-order valence-electron chi connectivity index (χ0n) is 18.5. The molecule has 0 spiro atoms. The van der Waals surface area contributed by atoms with Gasteiger partial charge >= 0.3 is 0 Å². The first-order valence-corrected chi connectivity index (χ1v) is 13.8. The van der Waals surface area contributed by atoms with Crippen molar-refractivity contribution in [3.63, 3.8) is 0 Å². The van der Waals surface area contributed by atoms with Crippen LogP contribution in [0.1, 0.15) is 22.8 Å². The Morgan fingerprint density at radius 2 is 1.63 bits per heavy atom. The van der Waals surface area contributed by atoms with Gasteiger partial charge in [-0.25, -0.2) is 13.8 Å². The number of sulfonamides is 1. The second-order valence-electron chi connectivity index (χ2n) is 7.69. The fourth-order valence-electron chi connectivity index (χ4n) is 3.44. The van der Waals surface area contributed by atoms with Gasteiger partial charge in [-0.15, -0.1) is 11.3 Å². The molecule has 0 atom stereocenters. The van der Waals surface area contributed by atoms with Crippen molar-refractivity contribution in [1.82, 2.24) is 5.43 Å². The molecule has 0 saturated heterocycles. The summed E-state index contributed by atoms with van der Waals surface area (Å²) in [5, 5.41) is 9.39. The van der Waals surface area contributed by atoms with Crippen LogP contribution in [-0.4, -0.2) is 20.0 Å². The molecule has 4 aromatic rings. The van der Waals surface area contributed by atoms with Gasteiger partial charge in [-0.2, -0.15) is 5.10 Å². The van der Waals surface area contributed by atoms with E-state index in [2.05, 4.69) is 26.6 Å². The van der Waals surface area contributed by atoms with Crippen molar-refractivity contribution in [3.8, 4) is 0 Å². The number of carbonyl (C=O) groups excluding carboxylic acids is 1. The molecule has 3 aromatic carbocycles. The van der Waals surface area contributed by atoms with Gasteiger partial charge in [-0.3, -0.25) is 9.52 Å². The summed E-state index contributed by atoms with van der Waals surface area (Å²) in [6.45, 7) is 1.83. The zero-order valence-corrected chi connectivity index (χ0v) is 20.9. The second kappa shape index (κ2) is 9.57. The molecule has 1 aromatic heterocycles. The number of para-hydroxylation sites is 1. The maximum atomic E-state index is 12.6. The lowest BCUT2D eigenvalue weighted by Gasteiger charge is -2.21. The largest absolute Gasteiger partial charge is 0.354 e. The number of benzene rings is 3. The number of nitrogens with one attached hydrogen (secondary N) is 3. The number of fused-ring (bicyclic) bond motifs is 2. The van der Waals surface area contributed by atoms with Crippen molar-refractivity contribution in [3.05, 3.63) is 95.4 Å². The molecule has 3 N–H and O–H groups in total.